The van der Waals surface area contributed by atoms with Gasteiger partial charge >= 0.3 is 16.6 Å². The van der Waals surface area contributed by atoms with Crippen LogP contribution in [0.2, 0.25) is 0 Å². The number of ether oxygens (including phenoxy) is 10. The number of nitrogens with one attached hydrogen (secondary N) is 2. The van der Waals surface area contributed by atoms with Crippen LogP contribution in [0.1, 0.15) is 49.3 Å². The molecule has 3 aromatic carbocycles. The van der Waals surface area contributed by atoms with Crippen molar-refractivity contribution in [3.8, 4) is 29.1 Å². The molecular formula is C51H64FN5O22S. The number of halogens is 1. The van der Waals surface area contributed by atoms with Crippen molar-refractivity contribution in [1.29, 1.82) is 0 Å². The van der Waals surface area contributed by atoms with E-state index in [0.29, 0.717) is 94.9 Å². The van der Waals surface area contributed by atoms with Crippen LogP contribution in [0.3, 0.4) is 0 Å². The average molecular weight is 1150 g/mol. The highest BCUT2D eigenvalue weighted by Gasteiger charge is 2.45. The van der Waals surface area contributed by atoms with Gasteiger partial charge in [-0.15, -0.1) is 17.9 Å². The quantitative estimate of drug-likeness (QED) is 0.0117. The first-order valence-corrected chi connectivity index (χ1v) is 26.2. The molecular weight excluding hydrogens is 1090 g/mol. The van der Waals surface area contributed by atoms with Gasteiger partial charge in [0.05, 0.1) is 112 Å². The van der Waals surface area contributed by atoms with E-state index in [1.165, 1.54) is 18.2 Å². The molecule has 1 fully saturated rings. The van der Waals surface area contributed by atoms with E-state index in [1.54, 1.807) is 42.1 Å². The van der Waals surface area contributed by atoms with Crippen LogP contribution in [0.25, 0.3) is 0 Å². The lowest BCUT2D eigenvalue weighted by Gasteiger charge is -2.39. The molecule has 6 N–H and O–H groups in total. The molecule has 0 radical (unpaired) electrons. The third kappa shape index (κ3) is 23.1. The first kappa shape index (κ1) is 64.1. The molecule has 80 heavy (non-hydrogen) atoms. The minimum atomic E-state index is -5.00. The Balaban J connectivity index is 0.873. The van der Waals surface area contributed by atoms with Crippen LogP contribution in [0.4, 0.5) is 9.18 Å². The Morgan fingerprint density at radius 2 is 1.21 bits per heavy atom. The molecule has 1 saturated heterocycles. The molecule has 2 heterocycles. The van der Waals surface area contributed by atoms with Gasteiger partial charge in [-0.3, -0.25) is 14.4 Å². The zero-order chi connectivity index (χ0) is 57.5. The Labute approximate surface area is 459 Å². The number of carbonyl (C=O) groups is 4. The minimum Gasteiger partial charge on any atom is -0.458 e. The maximum absolute atomic E-state index is 13.1. The zero-order valence-corrected chi connectivity index (χ0v) is 44.3. The number of aromatic nitrogens is 3. The second-order valence-electron chi connectivity index (χ2n) is 16.7. The van der Waals surface area contributed by atoms with Crippen molar-refractivity contribution < 1.29 is 108 Å². The van der Waals surface area contributed by atoms with Gasteiger partial charge in [0, 0.05) is 29.8 Å². The molecule has 5 atom stereocenters. The molecule has 438 valence electrons. The maximum atomic E-state index is 13.1. The fourth-order valence-corrected chi connectivity index (χ4v) is 7.55. The van der Waals surface area contributed by atoms with Crippen molar-refractivity contribution in [2.75, 3.05) is 106 Å². The van der Waals surface area contributed by atoms with Gasteiger partial charge < -0.3 is 86.8 Å². The van der Waals surface area contributed by atoms with E-state index in [-0.39, 0.29) is 62.6 Å². The van der Waals surface area contributed by atoms with Crippen LogP contribution >= 0.6 is 0 Å². The van der Waals surface area contributed by atoms with E-state index in [4.69, 9.17) is 51.0 Å². The molecule has 2 amide bonds. The number of amides is 2. The molecule has 1 aromatic heterocycles. The molecule has 0 aliphatic carbocycles. The summed E-state index contributed by atoms with van der Waals surface area (Å²) >= 11 is 0. The number of aliphatic hydroxyl groups excluding tert-OH is 4. The van der Waals surface area contributed by atoms with Crippen LogP contribution in [-0.4, -0.2) is 204 Å². The van der Waals surface area contributed by atoms with E-state index in [2.05, 4.69) is 37.5 Å². The summed E-state index contributed by atoms with van der Waals surface area (Å²) in [6, 6.07) is 14.5. The van der Waals surface area contributed by atoms with Gasteiger partial charge in [0.2, 0.25) is 12.1 Å². The Morgan fingerprint density at radius 3 is 1.80 bits per heavy atom. The average Bonchev–Trinajstić information content (AvgIpc) is 3.91. The number of rotatable bonds is 38. The smallest absolute Gasteiger partial charge is 0.458 e. The third-order valence-corrected chi connectivity index (χ3v) is 11.6. The van der Waals surface area contributed by atoms with Crippen molar-refractivity contribution in [2.24, 2.45) is 0 Å². The van der Waals surface area contributed by atoms with E-state index in [0.717, 1.165) is 24.3 Å². The predicted octanol–water partition coefficient (Wildman–Crippen LogP) is 0.448. The third-order valence-electron chi connectivity index (χ3n) is 10.8. The van der Waals surface area contributed by atoms with Gasteiger partial charge in [-0.25, -0.2) is 9.48 Å². The number of nitrogens with zero attached hydrogens (tertiary/aromatic N) is 3. The number of Topliss-reactive ketones (excluding diaryl/α,β-unsaturated/α-hetero) is 1. The summed E-state index contributed by atoms with van der Waals surface area (Å²) in [5.41, 5.74) is 1.67. The van der Waals surface area contributed by atoms with E-state index < -0.39 is 77.9 Å². The molecule has 0 spiro atoms. The monoisotopic (exact) mass is 1150 g/mol. The Hall–Kier alpha value is -6.76. The molecule has 0 bridgehead atoms. The van der Waals surface area contributed by atoms with E-state index in [9.17, 15) is 52.4 Å². The topological polar surface area (TPSA) is 349 Å². The number of hydrogen-bond donors (Lipinski definition) is 6. The molecule has 1 aliphatic rings. The second kappa shape index (κ2) is 35.1. The number of aliphatic hydroxyl groups is 4. The highest BCUT2D eigenvalue weighted by Crippen LogP contribution is 2.34. The maximum Gasteiger partial charge on any atom is 0.501 e. The molecule has 4 aromatic rings. The van der Waals surface area contributed by atoms with Gasteiger partial charge in [-0.2, -0.15) is 0 Å². The summed E-state index contributed by atoms with van der Waals surface area (Å²) in [7, 11) is -5.00. The Kier molecular flexibility index (Phi) is 28.1. The lowest BCUT2D eigenvalue weighted by molar-refractivity contribution is -0.277. The summed E-state index contributed by atoms with van der Waals surface area (Å²) in [5, 5.41) is 54.0. The molecule has 5 rings (SSSR count). The lowest BCUT2D eigenvalue weighted by Crippen LogP contribution is -2.60. The van der Waals surface area contributed by atoms with Crippen LogP contribution in [0, 0.1) is 11.8 Å². The van der Waals surface area contributed by atoms with Gasteiger partial charge in [0.1, 0.15) is 42.5 Å². The van der Waals surface area contributed by atoms with Crippen LogP contribution < -0.4 is 23.7 Å². The van der Waals surface area contributed by atoms with Crippen LogP contribution in [0.15, 0.2) is 72.9 Å². The predicted molar refractivity (Wildman–Crippen MR) is 272 cm³/mol. The fourth-order valence-electron chi connectivity index (χ4n) is 6.81. The SMILES string of the molecule is CC#CC(=O)c1ccc(C(=O)NCCOCCOCCOCCOCc2cn(CCOCCOCCOCCNC(=O)c3ccc(OC4O[C@H](CO)[C@H](O)[C@H](O)[C@H]4O)c(OS(=O)(=O)Oc4ccc(COC(=O)F)cc4)c3)nn2)cc1. The molecule has 1 unspecified atom stereocenters. The Bertz CT molecular complexity index is 2710. The largest absolute Gasteiger partial charge is 0.501 e. The standard InChI is InChI=1S/C51H64FN5O22S/c1-2-3-41(59)36-6-8-37(9-7-36)48(63)53-14-17-68-21-24-72-26-27-73-28-29-74-34-39-31-57(56-55-39)16-19-70-22-25-71-23-20-69-18-15-54-49(64)38-10-13-42(76-50-47(62)46(61)45(60)44(32-58)77-50)43(30-38)79-80(66,67)78-40-11-4-35(5-12-40)33-75-51(52)65/h4-13,30-31,44-47,50,58,60-62H,14-29,32-34H2,1H3,(H,53,63)(H,54,64)/t44-,45+,46+,47-,50?/m1/s1. The van der Waals surface area contributed by atoms with E-state index in [1.807, 2.05) is 0 Å². The number of carbonyl (C=O) groups excluding carboxylic acids is 4. The number of hydrogen-bond acceptors (Lipinski definition) is 24. The Morgan fingerprint density at radius 1 is 0.662 bits per heavy atom. The summed E-state index contributed by atoms with van der Waals surface area (Å²) < 4.78 is 104. The van der Waals surface area contributed by atoms with Crippen molar-refractivity contribution in [3.05, 3.63) is 101 Å². The first-order valence-electron chi connectivity index (χ1n) is 24.9. The first-order chi connectivity index (χ1) is 38.7. The van der Waals surface area contributed by atoms with Crippen molar-refractivity contribution >= 4 is 34.2 Å². The highest BCUT2D eigenvalue weighted by molar-refractivity contribution is 7.82. The highest BCUT2D eigenvalue weighted by atomic mass is 32.3. The molecule has 29 heteroatoms. The number of ketones is 1. The van der Waals surface area contributed by atoms with Gasteiger partial charge in [-0.1, -0.05) is 23.3 Å². The molecule has 0 saturated carbocycles. The van der Waals surface area contributed by atoms with E-state index >= 15 is 0 Å². The summed E-state index contributed by atoms with van der Waals surface area (Å²) in [6.07, 6.45) is -8.82. The van der Waals surface area contributed by atoms with Gasteiger partial charge in [0.25, 0.3) is 11.8 Å². The van der Waals surface area contributed by atoms with Crippen molar-refractivity contribution in [1.82, 2.24) is 25.6 Å². The summed E-state index contributed by atoms with van der Waals surface area (Å²) in [5.74, 6) is 2.41. The summed E-state index contributed by atoms with van der Waals surface area (Å²) in [6.45, 7) is 5.36. The van der Waals surface area contributed by atoms with Crippen molar-refractivity contribution in [3.63, 3.8) is 0 Å². The minimum absolute atomic E-state index is 0.0255. The van der Waals surface area contributed by atoms with Crippen LogP contribution in [-0.2, 0) is 72.8 Å². The zero-order valence-electron chi connectivity index (χ0n) is 43.5. The van der Waals surface area contributed by atoms with Gasteiger partial charge in [0.15, 0.2) is 11.5 Å². The molecule has 27 nitrogen and oxygen atoms in total. The molecule has 1 aliphatic heterocycles. The van der Waals surface area contributed by atoms with Crippen LogP contribution in [0.5, 0.6) is 17.2 Å². The fraction of sp³-hybridized carbons (Fsp3) is 0.490. The second-order valence-corrected chi connectivity index (χ2v) is 17.9. The summed E-state index contributed by atoms with van der Waals surface area (Å²) in [4.78, 5) is 47.6. The number of benzene rings is 3. The van der Waals surface area contributed by atoms with Crippen molar-refractivity contribution in [2.45, 2.75) is 57.4 Å². The lowest BCUT2D eigenvalue weighted by atomic mass is 9.99. The van der Waals surface area contributed by atoms with Gasteiger partial charge in [-0.05, 0) is 73.0 Å². The normalized spacial score (nSPS) is 16.9.